The van der Waals surface area contributed by atoms with Crippen LogP contribution in [0.3, 0.4) is 0 Å². The average molecular weight is 370 g/mol. The summed E-state index contributed by atoms with van der Waals surface area (Å²) >= 11 is 0. The lowest BCUT2D eigenvalue weighted by Crippen LogP contribution is -2.36. The molecule has 0 bridgehead atoms. The Labute approximate surface area is 149 Å². The van der Waals surface area contributed by atoms with Crippen LogP contribution in [0.25, 0.3) is 0 Å². The number of carbonyl (C=O) groups is 2. The zero-order valence-corrected chi connectivity index (χ0v) is 15.8. The molecule has 0 radical (unpaired) electrons. The van der Waals surface area contributed by atoms with Gasteiger partial charge in [0.1, 0.15) is 0 Å². The van der Waals surface area contributed by atoms with E-state index in [0.717, 1.165) is 0 Å². The number of hydrogen-bond donors (Lipinski definition) is 2. The highest BCUT2D eigenvalue weighted by Gasteiger charge is 2.21. The Morgan fingerprint density at radius 2 is 1.84 bits per heavy atom. The number of nitrogens with one attached hydrogen (secondary N) is 1. The molecular formula is C17H26N2O5S. The van der Waals surface area contributed by atoms with Crippen molar-refractivity contribution in [2.45, 2.75) is 45.1 Å². The molecular weight excluding hydrogens is 344 g/mol. The first kappa shape index (κ1) is 21.1. The van der Waals surface area contributed by atoms with Crippen molar-refractivity contribution >= 4 is 21.9 Å². The van der Waals surface area contributed by atoms with Crippen molar-refractivity contribution in [1.82, 2.24) is 9.62 Å². The van der Waals surface area contributed by atoms with Gasteiger partial charge in [-0.25, -0.2) is 13.1 Å². The van der Waals surface area contributed by atoms with Gasteiger partial charge in [0.05, 0.1) is 11.3 Å². The number of amides is 1. The number of sulfonamides is 1. The Hall–Kier alpha value is -1.93. The molecule has 1 aromatic rings. The number of benzene rings is 1. The lowest BCUT2D eigenvalue weighted by molar-refractivity contribution is -0.137. The highest BCUT2D eigenvalue weighted by Crippen LogP contribution is 2.15. The fraction of sp³-hybridized carbons (Fsp3) is 0.529. The Morgan fingerprint density at radius 1 is 1.20 bits per heavy atom. The zero-order valence-electron chi connectivity index (χ0n) is 15.0. The maximum Gasteiger partial charge on any atom is 0.305 e. The molecule has 0 aliphatic heterocycles. The standard InChI is InChI=1S/C17H26N2O5S/c1-12(2)11-19(9-8-16(20)21)17(22)14-6-5-7-15(10-14)25(23,24)18-13(3)4/h5-7,10,12-13,18H,8-9,11H2,1-4H3,(H,20,21). The molecule has 0 unspecified atom stereocenters. The molecule has 2 N–H and O–H groups in total. The van der Waals surface area contributed by atoms with E-state index in [-0.39, 0.29) is 41.3 Å². The first-order chi connectivity index (χ1) is 11.5. The van der Waals surface area contributed by atoms with Gasteiger partial charge >= 0.3 is 5.97 Å². The second-order valence-electron chi connectivity index (χ2n) is 6.59. The maximum atomic E-state index is 12.7. The van der Waals surface area contributed by atoms with Gasteiger partial charge in [-0.1, -0.05) is 19.9 Å². The number of nitrogens with zero attached hydrogens (tertiary/aromatic N) is 1. The van der Waals surface area contributed by atoms with E-state index < -0.39 is 16.0 Å². The molecule has 0 saturated carbocycles. The lowest BCUT2D eigenvalue weighted by atomic mass is 10.1. The van der Waals surface area contributed by atoms with Crippen LogP contribution in [0, 0.1) is 5.92 Å². The lowest BCUT2D eigenvalue weighted by Gasteiger charge is -2.24. The molecule has 0 saturated heterocycles. The minimum atomic E-state index is -3.70. The fourth-order valence-corrected chi connectivity index (χ4v) is 3.60. The molecule has 25 heavy (non-hydrogen) atoms. The first-order valence-electron chi connectivity index (χ1n) is 8.16. The molecule has 1 aromatic carbocycles. The van der Waals surface area contributed by atoms with Crippen molar-refractivity contribution < 1.29 is 23.1 Å². The van der Waals surface area contributed by atoms with Gasteiger partial charge < -0.3 is 10.0 Å². The normalized spacial score (nSPS) is 11.8. The molecule has 0 heterocycles. The van der Waals surface area contributed by atoms with Crippen LogP contribution >= 0.6 is 0 Å². The quantitative estimate of drug-likeness (QED) is 0.691. The van der Waals surface area contributed by atoms with Crippen molar-refractivity contribution in [2.75, 3.05) is 13.1 Å². The summed E-state index contributed by atoms with van der Waals surface area (Å²) in [6.45, 7) is 7.75. The number of carboxylic acid groups (broad SMARTS) is 1. The van der Waals surface area contributed by atoms with Crippen molar-refractivity contribution in [3.8, 4) is 0 Å². The molecule has 7 nitrogen and oxygen atoms in total. The van der Waals surface area contributed by atoms with Crippen LogP contribution < -0.4 is 4.72 Å². The number of rotatable bonds is 9. The SMILES string of the molecule is CC(C)CN(CCC(=O)O)C(=O)c1cccc(S(=O)(=O)NC(C)C)c1. The third kappa shape index (κ3) is 6.83. The second kappa shape index (κ2) is 8.96. The summed E-state index contributed by atoms with van der Waals surface area (Å²) in [6, 6.07) is 5.52. The Balaban J connectivity index is 3.09. The van der Waals surface area contributed by atoms with Gasteiger partial charge in [0.2, 0.25) is 10.0 Å². The minimum absolute atomic E-state index is 0.00906. The largest absolute Gasteiger partial charge is 0.481 e. The number of carboxylic acids is 1. The zero-order chi connectivity index (χ0) is 19.2. The van der Waals surface area contributed by atoms with E-state index in [0.29, 0.717) is 6.54 Å². The predicted octanol–water partition coefficient (Wildman–Crippen LogP) is 1.95. The molecule has 0 aromatic heterocycles. The number of hydrogen-bond acceptors (Lipinski definition) is 4. The molecule has 0 aliphatic carbocycles. The van der Waals surface area contributed by atoms with Gasteiger partial charge in [-0.05, 0) is 38.0 Å². The summed E-state index contributed by atoms with van der Waals surface area (Å²) in [5, 5.41) is 8.86. The topological polar surface area (TPSA) is 104 Å². The molecule has 140 valence electrons. The van der Waals surface area contributed by atoms with E-state index >= 15 is 0 Å². The Bertz CT molecular complexity index is 714. The van der Waals surface area contributed by atoms with Crippen LogP contribution in [0.15, 0.2) is 29.2 Å². The van der Waals surface area contributed by atoms with E-state index in [1.807, 2.05) is 13.8 Å². The molecule has 0 fully saturated rings. The van der Waals surface area contributed by atoms with Gasteiger partial charge in [-0.2, -0.15) is 0 Å². The first-order valence-corrected chi connectivity index (χ1v) is 9.64. The van der Waals surface area contributed by atoms with Crippen LogP contribution in [-0.4, -0.2) is 49.4 Å². The summed E-state index contributed by atoms with van der Waals surface area (Å²) < 4.78 is 27.0. The summed E-state index contributed by atoms with van der Waals surface area (Å²) in [7, 11) is -3.70. The minimum Gasteiger partial charge on any atom is -0.481 e. The monoisotopic (exact) mass is 370 g/mol. The molecule has 0 atom stereocenters. The maximum absolute atomic E-state index is 12.7. The third-order valence-corrected chi connectivity index (χ3v) is 4.91. The smallest absolute Gasteiger partial charge is 0.305 e. The third-order valence-electron chi connectivity index (χ3n) is 3.25. The van der Waals surface area contributed by atoms with Crippen LogP contribution in [0.2, 0.25) is 0 Å². The van der Waals surface area contributed by atoms with Crippen LogP contribution in [0.1, 0.15) is 44.5 Å². The number of aliphatic carboxylic acids is 1. The summed E-state index contributed by atoms with van der Waals surface area (Å²) in [6.07, 6.45) is -0.161. The predicted molar refractivity (Wildman–Crippen MR) is 94.9 cm³/mol. The summed E-state index contributed by atoms with van der Waals surface area (Å²) in [5.41, 5.74) is 0.220. The van der Waals surface area contributed by atoms with Crippen molar-refractivity contribution in [2.24, 2.45) is 5.92 Å². The molecule has 1 rings (SSSR count). The summed E-state index contributed by atoms with van der Waals surface area (Å²) in [4.78, 5) is 25.0. The fourth-order valence-electron chi connectivity index (χ4n) is 2.30. The molecule has 8 heteroatoms. The van der Waals surface area contributed by atoms with E-state index in [1.165, 1.54) is 29.2 Å². The summed E-state index contributed by atoms with van der Waals surface area (Å²) in [5.74, 6) is -1.21. The van der Waals surface area contributed by atoms with Crippen LogP contribution in [-0.2, 0) is 14.8 Å². The highest BCUT2D eigenvalue weighted by atomic mass is 32.2. The van der Waals surface area contributed by atoms with Gasteiger partial charge in [-0.15, -0.1) is 0 Å². The van der Waals surface area contributed by atoms with Gasteiger partial charge in [-0.3, -0.25) is 9.59 Å². The van der Waals surface area contributed by atoms with Crippen LogP contribution in [0.5, 0.6) is 0 Å². The Kier molecular flexibility index (Phi) is 7.57. The van der Waals surface area contributed by atoms with E-state index in [4.69, 9.17) is 5.11 Å². The van der Waals surface area contributed by atoms with Crippen LogP contribution in [0.4, 0.5) is 0 Å². The molecule has 1 amide bonds. The van der Waals surface area contributed by atoms with Gasteiger partial charge in [0, 0.05) is 24.7 Å². The van der Waals surface area contributed by atoms with E-state index in [1.54, 1.807) is 13.8 Å². The van der Waals surface area contributed by atoms with E-state index in [2.05, 4.69) is 4.72 Å². The Morgan fingerprint density at radius 3 is 2.36 bits per heavy atom. The molecule has 0 spiro atoms. The second-order valence-corrected chi connectivity index (χ2v) is 8.31. The van der Waals surface area contributed by atoms with Crippen molar-refractivity contribution in [1.29, 1.82) is 0 Å². The van der Waals surface area contributed by atoms with Gasteiger partial charge in [0.25, 0.3) is 5.91 Å². The average Bonchev–Trinajstić information content (AvgIpc) is 2.49. The van der Waals surface area contributed by atoms with E-state index in [9.17, 15) is 18.0 Å². The van der Waals surface area contributed by atoms with Gasteiger partial charge in [0.15, 0.2) is 0 Å². The number of carbonyl (C=O) groups excluding carboxylic acids is 1. The van der Waals surface area contributed by atoms with Crippen molar-refractivity contribution in [3.63, 3.8) is 0 Å². The van der Waals surface area contributed by atoms with Crippen molar-refractivity contribution in [3.05, 3.63) is 29.8 Å². The highest BCUT2D eigenvalue weighted by molar-refractivity contribution is 7.89. The molecule has 0 aliphatic rings.